The van der Waals surface area contributed by atoms with Crippen molar-refractivity contribution in [1.29, 1.82) is 0 Å². The molecule has 0 aromatic heterocycles. The largest absolute Gasteiger partial charge is 0.403 e. The van der Waals surface area contributed by atoms with Gasteiger partial charge in [-0.1, -0.05) is 48.5 Å². The lowest BCUT2D eigenvalue weighted by atomic mass is 9.98. The molecule has 2 saturated heterocycles. The molecule has 5 N–H and O–H groups in total. The predicted molar refractivity (Wildman–Crippen MR) is 162 cm³/mol. The van der Waals surface area contributed by atoms with Gasteiger partial charge in [0.1, 0.15) is 0 Å². The van der Waals surface area contributed by atoms with Gasteiger partial charge in [0.15, 0.2) is 0 Å². The van der Waals surface area contributed by atoms with Crippen LogP contribution in [0.4, 0.5) is 0 Å². The van der Waals surface area contributed by atoms with E-state index in [2.05, 4.69) is 102 Å². The van der Waals surface area contributed by atoms with E-state index in [9.17, 15) is 0 Å². The van der Waals surface area contributed by atoms with E-state index >= 15 is 0 Å². The van der Waals surface area contributed by atoms with Gasteiger partial charge in [-0.25, -0.2) is 0 Å². The van der Waals surface area contributed by atoms with Gasteiger partial charge in [0.05, 0.1) is 17.6 Å². The first-order valence-electron chi connectivity index (χ1n) is 13.6. The first-order valence-corrected chi connectivity index (χ1v) is 13.6. The molecule has 2 fully saturated rings. The summed E-state index contributed by atoms with van der Waals surface area (Å²) in [6.45, 7) is 8.08. The van der Waals surface area contributed by atoms with Crippen molar-refractivity contribution in [2.24, 2.45) is 15.7 Å². The summed E-state index contributed by atoms with van der Waals surface area (Å²) in [5, 5.41) is 13.0. The van der Waals surface area contributed by atoms with E-state index in [4.69, 9.17) is 10.7 Å². The van der Waals surface area contributed by atoms with Gasteiger partial charge in [0.2, 0.25) is 0 Å². The van der Waals surface area contributed by atoms with Crippen LogP contribution in [0, 0.1) is 0 Å². The number of benzene rings is 3. The van der Waals surface area contributed by atoms with Crippen LogP contribution in [-0.4, -0.2) is 37.2 Å². The van der Waals surface area contributed by atoms with Crippen LogP contribution in [0.1, 0.15) is 50.7 Å². The van der Waals surface area contributed by atoms with Gasteiger partial charge in [-0.05, 0) is 85.8 Å². The minimum Gasteiger partial charge on any atom is -0.403 e. The standard InChI is InChI=1S/C32H38N6/c1-21-4-14-29(36-21)19-35-30(18-33)28-13-12-26-16-25(10-11-27(26)17-28)23-6-8-24(9-7-23)31(20-34-3)38-32-15-5-22(2)37-32/h6-13,16-22,29,32,36-38H,3-5,14-15,33H2,1-2H3/b30-18-,31-20-,35-19+/t21-,22-,29?,32?/m1/s1. The van der Waals surface area contributed by atoms with E-state index in [0.29, 0.717) is 18.1 Å². The Balaban J connectivity index is 1.32. The van der Waals surface area contributed by atoms with Gasteiger partial charge in [0.25, 0.3) is 0 Å². The zero-order valence-corrected chi connectivity index (χ0v) is 22.3. The molecule has 3 aromatic carbocycles. The number of hydrogen-bond donors (Lipinski definition) is 4. The van der Waals surface area contributed by atoms with Crippen LogP contribution < -0.4 is 21.7 Å². The number of rotatable bonds is 8. The van der Waals surface area contributed by atoms with E-state index in [1.165, 1.54) is 29.4 Å². The van der Waals surface area contributed by atoms with Crippen molar-refractivity contribution in [2.75, 3.05) is 0 Å². The average Bonchev–Trinajstić information content (AvgIpc) is 3.55. The number of nitrogens with zero attached hydrogens (tertiary/aromatic N) is 2. The third-order valence-corrected chi connectivity index (χ3v) is 7.55. The highest BCUT2D eigenvalue weighted by Gasteiger charge is 2.21. The molecule has 5 rings (SSSR count). The SMILES string of the molecule is C=N/C=C(\NC1CC[C@@H](C)N1)c1ccc(-c2ccc3cc(C(=C/N)/N=C/C4CC[C@@H](C)N4)ccc3c2)cc1. The molecule has 6 nitrogen and oxygen atoms in total. The second kappa shape index (κ2) is 11.8. The Kier molecular flexibility index (Phi) is 8.01. The zero-order valence-electron chi connectivity index (χ0n) is 22.3. The van der Waals surface area contributed by atoms with E-state index in [1.807, 2.05) is 6.21 Å². The van der Waals surface area contributed by atoms with Crippen molar-refractivity contribution < 1.29 is 0 Å². The van der Waals surface area contributed by atoms with Crippen molar-refractivity contribution in [1.82, 2.24) is 16.0 Å². The second-order valence-electron chi connectivity index (χ2n) is 10.5. The predicted octanol–water partition coefficient (Wildman–Crippen LogP) is 5.66. The van der Waals surface area contributed by atoms with Gasteiger partial charge in [0, 0.05) is 42.3 Å². The normalized spacial score (nSPS) is 24.4. The van der Waals surface area contributed by atoms with Crippen LogP contribution in [0.25, 0.3) is 33.3 Å². The maximum Gasteiger partial charge on any atom is 0.0853 e. The Labute approximate surface area is 225 Å². The van der Waals surface area contributed by atoms with Crippen LogP contribution in [0.5, 0.6) is 0 Å². The fourth-order valence-electron chi connectivity index (χ4n) is 5.40. The molecule has 4 atom stereocenters. The molecule has 2 unspecified atom stereocenters. The Hall–Kier alpha value is -3.74. The molecule has 2 aliphatic heterocycles. The molecule has 3 aromatic rings. The first kappa shape index (κ1) is 25.9. The Morgan fingerprint density at radius 1 is 0.868 bits per heavy atom. The summed E-state index contributed by atoms with van der Waals surface area (Å²) in [5.74, 6) is 0. The van der Waals surface area contributed by atoms with Gasteiger partial charge in [-0.3, -0.25) is 15.3 Å². The lowest BCUT2D eigenvalue weighted by Gasteiger charge is -2.18. The Morgan fingerprint density at radius 3 is 2.24 bits per heavy atom. The van der Waals surface area contributed by atoms with Crippen molar-refractivity contribution in [2.45, 2.75) is 63.8 Å². The first-order chi connectivity index (χ1) is 18.5. The fourth-order valence-corrected chi connectivity index (χ4v) is 5.40. The molecular formula is C32H38N6. The molecule has 0 radical (unpaired) electrons. The third-order valence-electron chi connectivity index (χ3n) is 7.55. The van der Waals surface area contributed by atoms with Gasteiger partial charge in [-0.15, -0.1) is 0 Å². The maximum atomic E-state index is 5.95. The smallest absolute Gasteiger partial charge is 0.0853 e. The fraction of sp³-hybridized carbons (Fsp3) is 0.312. The molecule has 2 aliphatic rings. The quantitative estimate of drug-likeness (QED) is 0.297. The Bertz CT molecular complexity index is 1370. The van der Waals surface area contributed by atoms with E-state index < -0.39 is 0 Å². The lowest BCUT2D eigenvalue weighted by Crippen LogP contribution is -2.38. The summed E-state index contributed by atoms with van der Waals surface area (Å²) in [5.41, 5.74) is 12.2. The van der Waals surface area contributed by atoms with Crippen molar-refractivity contribution >= 4 is 35.1 Å². The summed E-state index contributed by atoms with van der Waals surface area (Å²) in [7, 11) is 0. The topological polar surface area (TPSA) is 86.8 Å². The molecule has 6 heteroatoms. The third kappa shape index (κ3) is 6.04. The summed E-state index contributed by atoms with van der Waals surface area (Å²) in [6.07, 6.45) is 10.2. The van der Waals surface area contributed by atoms with Gasteiger partial charge < -0.3 is 16.4 Å². The van der Waals surface area contributed by atoms with Crippen LogP contribution in [-0.2, 0) is 0 Å². The summed E-state index contributed by atoms with van der Waals surface area (Å²) in [4.78, 5) is 8.72. The molecule has 0 amide bonds. The molecule has 196 valence electrons. The maximum absolute atomic E-state index is 5.95. The summed E-state index contributed by atoms with van der Waals surface area (Å²) >= 11 is 0. The van der Waals surface area contributed by atoms with Crippen LogP contribution in [0.2, 0.25) is 0 Å². The van der Waals surface area contributed by atoms with Crippen molar-refractivity contribution in [3.8, 4) is 11.1 Å². The van der Waals surface area contributed by atoms with E-state index in [-0.39, 0.29) is 6.17 Å². The summed E-state index contributed by atoms with van der Waals surface area (Å²) < 4.78 is 0. The number of nitrogens with one attached hydrogen (secondary N) is 3. The molecule has 0 aliphatic carbocycles. The molecule has 0 spiro atoms. The number of nitrogens with two attached hydrogens (primary N) is 1. The lowest BCUT2D eigenvalue weighted by molar-refractivity contribution is 0.527. The minimum absolute atomic E-state index is 0.256. The summed E-state index contributed by atoms with van der Waals surface area (Å²) in [6, 6.07) is 23.0. The van der Waals surface area contributed by atoms with Crippen LogP contribution in [0.15, 0.2) is 83.0 Å². The van der Waals surface area contributed by atoms with E-state index in [1.54, 1.807) is 12.4 Å². The second-order valence-corrected chi connectivity index (χ2v) is 10.5. The molecule has 38 heavy (non-hydrogen) atoms. The highest BCUT2D eigenvalue weighted by Crippen LogP contribution is 2.28. The van der Waals surface area contributed by atoms with Crippen molar-refractivity contribution in [3.63, 3.8) is 0 Å². The van der Waals surface area contributed by atoms with Crippen molar-refractivity contribution in [3.05, 3.63) is 84.2 Å². The van der Waals surface area contributed by atoms with Gasteiger partial charge in [-0.2, -0.15) is 0 Å². The highest BCUT2D eigenvalue weighted by molar-refractivity contribution is 5.90. The Morgan fingerprint density at radius 2 is 1.55 bits per heavy atom. The molecular weight excluding hydrogens is 468 g/mol. The number of aliphatic imine (C=N–C) groups is 2. The van der Waals surface area contributed by atoms with Gasteiger partial charge >= 0.3 is 0 Å². The molecule has 0 saturated carbocycles. The van der Waals surface area contributed by atoms with E-state index in [0.717, 1.165) is 40.7 Å². The zero-order chi connectivity index (χ0) is 26.5. The van der Waals surface area contributed by atoms with Crippen LogP contribution in [0.3, 0.4) is 0 Å². The minimum atomic E-state index is 0.256. The number of hydrogen-bond acceptors (Lipinski definition) is 6. The number of fused-ring (bicyclic) bond motifs is 1. The van der Waals surface area contributed by atoms with Crippen LogP contribution >= 0.6 is 0 Å². The monoisotopic (exact) mass is 506 g/mol. The highest BCUT2D eigenvalue weighted by atomic mass is 15.2. The average molecular weight is 507 g/mol. The molecule has 2 heterocycles. The molecule has 0 bridgehead atoms.